The summed E-state index contributed by atoms with van der Waals surface area (Å²) in [6.45, 7) is 7.91. The fraction of sp³-hybridized carbons (Fsp3) is 0.412. The van der Waals surface area contributed by atoms with E-state index >= 15 is 0 Å². The number of sulfonamides is 1. The monoisotopic (exact) mass is 368 g/mol. The van der Waals surface area contributed by atoms with Gasteiger partial charge in [-0.2, -0.15) is 0 Å². The van der Waals surface area contributed by atoms with Gasteiger partial charge in [0.05, 0.1) is 10.5 Å². The second-order valence-electron chi connectivity index (χ2n) is 5.75. The Hall–Kier alpha value is -2.19. The van der Waals surface area contributed by atoms with Gasteiger partial charge in [0.1, 0.15) is 0 Å². The van der Waals surface area contributed by atoms with Crippen LogP contribution in [-0.2, 0) is 19.6 Å². The summed E-state index contributed by atoms with van der Waals surface area (Å²) in [6, 6.07) is 5.36. The van der Waals surface area contributed by atoms with E-state index in [1.807, 2.05) is 13.8 Å². The molecule has 0 saturated carbocycles. The number of amides is 1. The number of carbonyl (C=O) groups excluding carboxylic acids is 2. The van der Waals surface area contributed by atoms with Gasteiger partial charge in [-0.15, -0.1) is 0 Å². The Labute approximate surface area is 148 Å². The second kappa shape index (κ2) is 8.77. The van der Waals surface area contributed by atoms with E-state index in [-0.39, 0.29) is 23.0 Å². The molecule has 1 aromatic carbocycles. The van der Waals surface area contributed by atoms with Gasteiger partial charge in [-0.1, -0.05) is 12.2 Å². The lowest BCUT2D eigenvalue weighted by atomic mass is 10.2. The van der Waals surface area contributed by atoms with Gasteiger partial charge >= 0.3 is 5.97 Å². The van der Waals surface area contributed by atoms with Crippen LogP contribution in [0.5, 0.6) is 0 Å². The van der Waals surface area contributed by atoms with Crippen molar-refractivity contribution in [1.29, 1.82) is 0 Å². The van der Waals surface area contributed by atoms with Crippen molar-refractivity contribution >= 4 is 21.9 Å². The highest BCUT2D eigenvalue weighted by molar-refractivity contribution is 7.89. The van der Waals surface area contributed by atoms with Crippen molar-refractivity contribution in [3.63, 3.8) is 0 Å². The molecule has 25 heavy (non-hydrogen) atoms. The lowest BCUT2D eigenvalue weighted by Crippen LogP contribution is -2.35. The molecule has 0 saturated heterocycles. The van der Waals surface area contributed by atoms with Gasteiger partial charge in [0.2, 0.25) is 10.0 Å². The number of benzene rings is 1. The van der Waals surface area contributed by atoms with Crippen molar-refractivity contribution < 1.29 is 22.7 Å². The third kappa shape index (κ3) is 5.68. The summed E-state index contributed by atoms with van der Waals surface area (Å²) in [6.07, 6.45) is 0. The zero-order valence-corrected chi connectivity index (χ0v) is 15.8. The Morgan fingerprint density at radius 1 is 1.16 bits per heavy atom. The lowest BCUT2D eigenvalue weighted by molar-refractivity contribution is -0.133. The molecule has 0 unspecified atom stereocenters. The van der Waals surface area contributed by atoms with Crippen molar-refractivity contribution in [3.8, 4) is 0 Å². The molecule has 7 nitrogen and oxygen atoms in total. The lowest BCUT2D eigenvalue weighted by Gasteiger charge is -2.20. The van der Waals surface area contributed by atoms with Crippen LogP contribution >= 0.6 is 0 Å². The van der Waals surface area contributed by atoms with Crippen LogP contribution in [0, 0.1) is 0 Å². The molecule has 1 rings (SSSR count). The first-order valence-corrected chi connectivity index (χ1v) is 9.15. The minimum atomic E-state index is -3.56. The highest BCUT2D eigenvalue weighted by Gasteiger charge is 2.19. The molecule has 0 aliphatic rings. The van der Waals surface area contributed by atoms with Crippen molar-refractivity contribution in [2.45, 2.75) is 18.7 Å². The summed E-state index contributed by atoms with van der Waals surface area (Å²) in [5, 5.41) is 0. The van der Waals surface area contributed by atoms with E-state index in [0.29, 0.717) is 13.1 Å². The highest BCUT2D eigenvalue weighted by atomic mass is 32.2. The topological polar surface area (TPSA) is 84.0 Å². The molecule has 0 heterocycles. The third-order valence-electron chi connectivity index (χ3n) is 3.39. The molecular formula is C17H24N2O5S. The Morgan fingerprint density at radius 3 is 2.16 bits per heavy atom. The van der Waals surface area contributed by atoms with E-state index < -0.39 is 16.0 Å². The normalized spacial score (nSPS) is 11.2. The van der Waals surface area contributed by atoms with Gasteiger partial charge in [-0.05, 0) is 38.1 Å². The Kier molecular flexibility index (Phi) is 7.32. The molecule has 0 fully saturated rings. The SMILES string of the molecule is C=C(C)CN(CC)C(=O)COC(=O)c1ccc(S(=O)(=O)N(C)C)cc1. The van der Waals surface area contributed by atoms with Crippen LogP contribution in [0.25, 0.3) is 0 Å². The molecule has 0 N–H and O–H groups in total. The van der Waals surface area contributed by atoms with Gasteiger partial charge < -0.3 is 9.64 Å². The molecular weight excluding hydrogens is 344 g/mol. The molecule has 0 aliphatic heterocycles. The Morgan fingerprint density at radius 2 is 1.72 bits per heavy atom. The molecule has 0 aliphatic carbocycles. The summed E-state index contributed by atoms with van der Waals surface area (Å²) in [7, 11) is -0.711. The predicted molar refractivity (Wildman–Crippen MR) is 94.7 cm³/mol. The van der Waals surface area contributed by atoms with Crippen LogP contribution in [-0.4, -0.2) is 63.3 Å². The summed E-state index contributed by atoms with van der Waals surface area (Å²) in [4.78, 5) is 25.6. The summed E-state index contributed by atoms with van der Waals surface area (Å²) in [5.74, 6) is -1.00. The summed E-state index contributed by atoms with van der Waals surface area (Å²) < 4.78 is 30.0. The van der Waals surface area contributed by atoms with Crippen molar-refractivity contribution in [3.05, 3.63) is 42.0 Å². The minimum Gasteiger partial charge on any atom is -0.452 e. The maximum Gasteiger partial charge on any atom is 0.338 e. The van der Waals surface area contributed by atoms with Gasteiger partial charge in [0.25, 0.3) is 5.91 Å². The van der Waals surface area contributed by atoms with E-state index in [4.69, 9.17) is 4.74 Å². The Balaban J connectivity index is 2.73. The first-order chi connectivity index (χ1) is 11.6. The number of rotatable bonds is 8. The molecule has 1 aromatic rings. The van der Waals surface area contributed by atoms with Gasteiger partial charge in [-0.3, -0.25) is 4.79 Å². The van der Waals surface area contributed by atoms with E-state index in [2.05, 4.69) is 6.58 Å². The number of ether oxygens (including phenoxy) is 1. The fourth-order valence-corrected chi connectivity index (χ4v) is 2.88. The van der Waals surface area contributed by atoms with Crippen LogP contribution in [0.15, 0.2) is 41.3 Å². The minimum absolute atomic E-state index is 0.0729. The predicted octanol–water partition coefficient (Wildman–Crippen LogP) is 1.52. The van der Waals surface area contributed by atoms with Gasteiger partial charge in [-0.25, -0.2) is 17.5 Å². The van der Waals surface area contributed by atoms with Crippen LogP contribution in [0.4, 0.5) is 0 Å². The van der Waals surface area contributed by atoms with Crippen LogP contribution < -0.4 is 0 Å². The van der Waals surface area contributed by atoms with E-state index in [1.54, 1.807) is 0 Å². The van der Waals surface area contributed by atoms with Crippen molar-refractivity contribution in [2.75, 3.05) is 33.8 Å². The van der Waals surface area contributed by atoms with Crippen molar-refractivity contribution in [2.24, 2.45) is 0 Å². The quantitative estimate of drug-likeness (QED) is 0.513. The fourth-order valence-electron chi connectivity index (χ4n) is 1.98. The average Bonchev–Trinajstić information content (AvgIpc) is 2.56. The van der Waals surface area contributed by atoms with E-state index in [1.165, 1.54) is 43.3 Å². The van der Waals surface area contributed by atoms with Gasteiger partial charge in [0, 0.05) is 27.2 Å². The second-order valence-corrected chi connectivity index (χ2v) is 7.90. The molecule has 0 spiro atoms. The average molecular weight is 368 g/mol. The number of nitrogens with zero attached hydrogens (tertiary/aromatic N) is 2. The summed E-state index contributed by atoms with van der Waals surface area (Å²) in [5.41, 5.74) is 1.01. The number of likely N-dealkylation sites (N-methyl/N-ethyl adjacent to an activating group) is 1. The van der Waals surface area contributed by atoms with E-state index in [0.717, 1.165) is 9.88 Å². The number of carbonyl (C=O) groups is 2. The molecule has 0 bridgehead atoms. The molecule has 0 radical (unpaired) electrons. The van der Waals surface area contributed by atoms with Crippen LogP contribution in [0.3, 0.4) is 0 Å². The maximum absolute atomic E-state index is 12.0. The molecule has 8 heteroatoms. The standard InChI is InChI=1S/C17H24N2O5S/c1-6-19(11-13(2)3)16(20)12-24-17(21)14-7-9-15(10-8-14)25(22,23)18(4)5/h7-10H,2,6,11-12H2,1,3-5H3. The number of hydrogen-bond donors (Lipinski definition) is 0. The first-order valence-electron chi connectivity index (χ1n) is 7.71. The van der Waals surface area contributed by atoms with E-state index in [9.17, 15) is 18.0 Å². The highest BCUT2D eigenvalue weighted by Crippen LogP contribution is 2.14. The number of esters is 1. The smallest absolute Gasteiger partial charge is 0.338 e. The molecule has 1 amide bonds. The molecule has 0 atom stereocenters. The van der Waals surface area contributed by atoms with Crippen molar-refractivity contribution in [1.82, 2.24) is 9.21 Å². The van der Waals surface area contributed by atoms with Crippen LogP contribution in [0.2, 0.25) is 0 Å². The third-order valence-corrected chi connectivity index (χ3v) is 5.22. The molecule has 138 valence electrons. The number of hydrogen-bond acceptors (Lipinski definition) is 5. The maximum atomic E-state index is 12.0. The zero-order valence-electron chi connectivity index (χ0n) is 15.0. The molecule has 0 aromatic heterocycles. The Bertz CT molecular complexity index is 739. The summed E-state index contributed by atoms with van der Waals surface area (Å²) >= 11 is 0. The van der Waals surface area contributed by atoms with Crippen LogP contribution in [0.1, 0.15) is 24.2 Å². The zero-order chi connectivity index (χ0) is 19.2. The van der Waals surface area contributed by atoms with Gasteiger partial charge in [0.15, 0.2) is 6.61 Å². The first kappa shape index (κ1) is 20.9. The largest absolute Gasteiger partial charge is 0.452 e.